The van der Waals surface area contributed by atoms with Gasteiger partial charge >= 0.3 is 0 Å². The minimum absolute atomic E-state index is 0.0496. The average Bonchev–Trinajstić information content (AvgIpc) is 3.42. The van der Waals surface area contributed by atoms with Gasteiger partial charge in [0.25, 0.3) is 0 Å². The van der Waals surface area contributed by atoms with E-state index in [-0.39, 0.29) is 11.8 Å². The summed E-state index contributed by atoms with van der Waals surface area (Å²) in [6.45, 7) is 3.15. The number of nitrogens with one attached hydrogen (secondary N) is 1. The number of hydrogen-bond acceptors (Lipinski definition) is 4. The number of carbonyl (C=O) groups excluding carboxylic acids is 3. The smallest absolute Gasteiger partial charge is 0.245 e. The predicted octanol–water partition coefficient (Wildman–Crippen LogP) is 5.46. The third-order valence-corrected chi connectivity index (χ3v) is 8.67. The van der Waals surface area contributed by atoms with Crippen molar-refractivity contribution in [2.45, 2.75) is 83.7 Å². The zero-order valence-electron chi connectivity index (χ0n) is 24.1. The van der Waals surface area contributed by atoms with Crippen molar-refractivity contribution in [3.8, 4) is 16.9 Å². The van der Waals surface area contributed by atoms with E-state index in [1.807, 2.05) is 48.2 Å². The molecule has 0 aromatic heterocycles. The van der Waals surface area contributed by atoms with Crippen LogP contribution in [0.4, 0.5) is 0 Å². The van der Waals surface area contributed by atoms with Gasteiger partial charge in [-0.05, 0) is 72.9 Å². The Balaban J connectivity index is 1.47. The van der Waals surface area contributed by atoms with Crippen LogP contribution < -0.4 is 15.8 Å². The van der Waals surface area contributed by atoms with Crippen LogP contribution in [0.15, 0.2) is 48.5 Å². The van der Waals surface area contributed by atoms with Gasteiger partial charge in [0.1, 0.15) is 11.8 Å². The van der Waals surface area contributed by atoms with Crippen molar-refractivity contribution in [1.29, 1.82) is 0 Å². The summed E-state index contributed by atoms with van der Waals surface area (Å²) >= 11 is 0. The van der Waals surface area contributed by atoms with Gasteiger partial charge in [-0.1, -0.05) is 69.4 Å². The van der Waals surface area contributed by atoms with Crippen LogP contribution in [0.1, 0.15) is 76.7 Å². The van der Waals surface area contributed by atoms with E-state index in [9.17, 15) is 14.4 Å². The SMILES string of the molecule is CCC[C@H](C(N)=O)[C@@H](CC1CCCC1)C(=O)N[C@H]1CCCCN(Cc2cccc(-c3ccc(OC)cc3)c2)C1=O. The fourth-order valence-electron chi connectivity index (χ4n) is 6.44. The van der Waals surface area contributed by atoms with E-state index in [0.717, 1.165) is 54.5 Å². The van der Waals surface area contributed by atoms with Crippen molar-refractivity contribution >= 4 is 17.7 Å². The summed E-state index contributed by atoms with van der Waals surface area (Å²) in [6, 6.07) is 15.6. The van der Waals surface area contributed by atoms with Gasteiger partial charge in [-0.2, -0.15) is 0 Å². The van der Waals surface area contributed by atoms with E-state index < -0.39 is 23.8 Å². The molecule has 1 saturated carbocycles. The fraction of sp³-hybridized carbons (Fsp3) is 0.545. The second-order valence-electron chi connectivity index (χ2n) is 11.5. The number of benzene rings is 2. The van der Waals surface area contributed by atoms with E-state index in [2.05, 4.69) is 17.4 Å². The minimum Gasteiger partial charge on any atom is -0.497 e. The van der Waals surface area contributed by atoms with Crippen molar-refractivity contribution in [3.63, 3.8) is 0 Å². The predicted molar refractivity (Wildman–Crippen MR) is 157 cm³/mol. The lowest BCUT2D eigenvalue weighted by Gasteiger charge is -2.29. The second-order valence-corrected chi connectivity index (χ2v) is 11.5. The molecule has 1 aliphatic carbocycles. The molecule has 2 aromatic carbocycles. The highest BCUT2D eigenvalue weighted by Crippen LogP contribution is 2.34. The summed E-state index contributed by atoms with van der Waals surface area (Å²) in [5.41, 5.74) is 9.01. The van der Waals surface area contributed by atoms with Crippen molar-refractivity contribution < 1.29 is 19.1 Å². The Kier molecular flexibility index (Phi) is 10.6. The van der Waals surface area contributed by atoms with Gasteiger partial charge in [0.2, 0.25) is 17.7 Å². The largest absolute Gasteiger partial charge is 0.497 e. The van der Waals surface area contributed by atoms with Gasteiger partial charge in [0, 0.05) is 24.9 Å². The Morgan fingerprint density at radius 1 is 1.00 bits per heavy atom. The highest BCUT2D eigenvalue weighted by molar-refractivity contribution is 5.91. The molecule has 3 amide bonds. The standard InChI is InChI=1S/C33H45N3O4/c1-3-9-28(31(34)37)29(21-23-10-4-5-11-23)32(38)35-30-14-6-7-19-36(33(30)39)22-24-12-8-13-26(20-24)25-15-17-27(40-2)18-16-25/h8,12-13,15-18,20,23,28-30H,3-7,9-11,14,19,21-22H2,1-2H3,(H2,34,37)(H,35,38)/t28-,29+,30-/m0/s1. The first-order valence-corrected chi connectivity index (χ1v) is 15.0. The number of hydrogen-bond donors (Lipinski definition) is 2. The lowest BCUT2D eigenvalue weighted by molar-refractivity contribution is -0.139. The third kappa shape index (κ3) is 7.64. The molecule has 1 aliphatic heterocycles. The van der Waals surface area contributed by atoms with Gasteiger partial charge in [0.05, 0.1) is 7.11 Å². The first-order valence-electron chi connectivity index (χ1n) is 15.0. The Labute approximate surface area is 238 Å². The number of likely N-dealkylation sites (tertiary alicyclic amines) is 1. The molecule has 7 heteroatoms. The summed E-state index contributed by atoms with van der Waals surface area (Å²) in [5.74, 6) is -0.378. The van der Waals surface area contributed by atoms with Crippen LogP contribution in [0, 0.1) is 17.8 Å². The summed E-state index contributed by atoms with van der Waals surface area (Å²) in [5, 5.41) is 3.09. The monoisotopic (exact) mass is 547 g/mol. The van der Waals surface area contributed by atoms with Gasteiger partial charge in [0.15, 0.2) is 0 Å². The maximum absolute atomic E-state index is 13.7. The zero-order valence-corrected chi connectivity index (χ0v) is 24.1. The van der Waals surface area contributed by atoms with Crippen molar-refractivity contribution in [2.75, 3.05) is 13.7 Å². The molecular formula is C33H45N3O4. The fourth-order valence-corrected chi connectivity index (χ4v) is 6.44. The van der Waals surface area contributed by atoms with Gasteiger partial charge in [-0.25, -0.2) is 0 Å². The summed E-state index contributed by atoms with van der Waals surface area (Å²) in [7, 11) is 1.65. The second kappa shape index (κ2) is 14.3. The molecule has 0 unspecified atom stereocenters. The summed E-state index contributed by atoms with van der Waals surface area (Å²) in [4.78, 5) is 41.7. The quantitative estimate of drug-likeness (QED) is 0.369. The van der Waals surface area contributed by atoms with Crippen LogP contribution in [0.5, 0.6) is 5.75 Å². The molecule has 0 radical (unpaired) electrons. The molecule has 2 aliphatic rings. The Bertz CT molecular complexity index is 1140. The molecule has 1 heterocycles. The number of carbonyl (C=O) groups is 3. The van der Waals surface area contributed by atoms with Gasteiger partial charge in [-0.3, -0.25) is 14.4 Å². The number of rotatable bonds is 12. The molecule has 2 aromatic rings. The molecular weight excluding hydrogens is 502 g/mol. The number of amides is 3. The number of methoxy groups -OCH3 is 1. The molecule has 216 valence electrons. The Morgan fingerprint density at radius 3 is 2.40 bits per heavy atom. The normalized spacial score (nSPS) is 19.6. The molecule has 4 rings (SSSR count). The molecule has 40 heavy (non-hydrogen) atoms. The topological polar surface area (TPSA) is 102 Å². The Morgan fingerprint density at radius 2 is 1.73 bits per heavy atom. The molecule has 2 fully saturated rings. The lowest BCUT2D eigenvalue weighted by Crippen LogP contribution is -2.50. The average molecular weight is 548 g/mol. The summed E-state index contributed by atoms with van der Waals surface area (Å²) < 4.78 is 5.28. The van der Waals surface area contributed by atoms with Crippen LogP contribution in [0.25, 0.3) is 11.1 Å². The zero-order chi connectivity index (χ0) is 28.5. The van der Waals surface area contributed by atoms with E-state index >= 15 is 0 Å². The Hall–Kier alpha value is -3.35. The van der Waals surface area contributed by atoms with E-state index in [4.69, 9.17) is 10.5 Å². The molecule has 3 N–H and O–H groups in total. The van der Waals surface area contributed by atoms with Crippen molar-refractivity contribution in [1.82, 2.24) is 10.2 Å². The molecule has 7 nitrogen and oxygen atoms in total. The van der Waals surface area contributed by atoms with Gasteiger partial charge < -0.3 is 20.7 Å². The summed E-state index contributed by atoms with van der Waals surface area (Å²) in [6.07, 6.45) is 8.93. The lowest BCUT2D eigenvalue weighted by atomic mass is 9.80. The molecule has 0 spiro atoms. The van der Waals surface area contributed by atoms with Crippen LogP contribution in [0.2, 0.25) is 0 Å². The van der Waals surface area contributed by atoms with Crippen LogP contribution in [-0.4, -0.2) is 42.3 Å². The van der Waals surface area contributed by atoms with Crippen LogP contribution in [-0.2, 0) is 20.9 Å². The maximum Gasteiger partial charge on any atom is 0.245 e. The number of ether oxygens (including phenoxy) is 1. The van der Waals surface area contributed by atoms with Crippen LogP contribution >= 0.6 is 0 Å². The first-order chi connectivity index (χ1) is 19.4. The highest BCUT2D eigenvalue weighted by atomic mass is 16.5. The maximum atomic E-state index is 13.7. The van der Waals surface area contributed by atoms with Gasteiger partial charge in [-0.15, -0.1) is 0 Å². The van der Waals surface area contributed by atoms with Crippen molar-refractivity contribution in [3.05, 3.63) is 54.1 Å². The van der Waals surface area contributed by atoms with E-state index in [1.165, 1.54) is 12.8 Å². The number of nitrogens with two attached hydrogens (primary N) is 1. The molecule has 1 saturated heterocycles. The van der Waals surface area contributed by atoms with Crippen molar-refractivity contribution in [2.24, 2.45) is 23.5 Å². The highest BCUT2D eigenvalue weighted by Gasteiger charge is 2.37. The van der Waals surface area contributed by atoms with E-state index in [1.54, 1.807) is 7.11 Å². The first kappa shape index (κ1) is 29.6. The number of nitrogens with zero attached hydrogens (tertiary/aromatic N) is 1. The number of primary amides is 1. The minimum atomic E-state index is -0.582. The van der Waals surface area contributed by atoms with E-state index in [0.29, 0.717) is 38.3 Å². The molecule has 3 atom stereocenters. The third-order valence-electron chi connectivity index (χ3n) is 8.67. The van der Waals surface area contributed by atoms with Crippen LogP contribution in [0.3, 0.4) is 0 Å². The molecule has 0 bridgehead atoms.